The molecule has 3 aromatic rings. The van der Waals surface area contributed by atoms with Gasteiger partial charge in [-0.3, -0.25) is 9.59 Å². The predicted octanol–water partition coefficient (Wildman–Crippen LogP) is 3.61. The molecule has 0 spiro atoms. The summed E-state index contributed by atoms with van der Waals surface area (Å²) in [4.78, 5) is 23.9. The lowest BCUT2D eigenvalue weighted by atomic mass is 10.2. The Bertz CT molecular complexity index is 1050. The number of hydrogen-bond donors (Lipinski definition) is 1. The zero-order valence-electron chi connectivity index (χ0n) is 14.7. The third kappa shape index (κ3) is 4.31. The second-order valence-corrected chi connectivity index (χ2v) is 6.05. The van der Waals surface area contributed by atoms with E-state index in [4.69, 9.17) is 4.74 Å². The maximum Gasteiger partial charge on any atom is 0.254 e. The van der Waals surface area contributed by atoms with E-state index in [0.29, 0.717) is 12.2 Å². The Morgan fingerprint density at radius 2 is 1.89 bits per heavy atom. The molecular weight excluding hydrogens is 354 g/mol. The van der Waals surface area contributed by atoms with Crippen molar-refractivity contribution in [1.29, 1.82) is 0 Å². The molecule has 0 atom stereocenters. The van der Waals surface area contributed by atoms with E-state index in [1.54, 1.807) is 7.05 Å². The van der Waals surface area contributed by atoms with Crippen LogP contribution in [0.25, 0.3) is 10.9 Å². The van der Waals surface area contributed by atoms with Crippen LogP contribution in [0.4, 0.5) is 14.5 Å². The van der Waals surface area contributed by atoms with Crippen LogP contribution in [0.5, 0.6) is 5.75 Å². The highest BCUT2D eigenvalue weighted by molar-refractivity contribution is 5.90. The topological polar surface area (TPSA) is 60.3 Å². The number of pyridine rings is 1. The molecule has 0 unspecified atom stereocenters. The van der Waals surface area contributed by atoms with E-state index in [9.17, 15) is 18.4 Å². The van der Waals surface area contributed by atoms with Crippen molar-refractivity contribution in [3.05, 3.63) is 70.5 Å². The number of para-hydroxylation sites is 1. The summed E-state index contributed by atoms with van der Waals surface area (Å²) in [6.45, 7) is 0.238. The number of anilines is 1. The molecule has 0 aliphatic carbocycles. The Labute approximate surface area is 154 Å². The van der Waals surface area contributed by atoms with Crippen molar-refractivity contribution < 1.29 is 18.3 Å². The third-order valence-electron chi connectivity index (χ3n) is 4.13. The molecule has 3 rings (SSSR count). The first-order valence-corrected chi connectivity index (χ1v) is 8.42. The van der Waals surface area contributed by atoms with Crippen molar-refractivity contribution in [1.82, 2.24) is 4.57 Å². The van der Waals surface area contributed by atoms with E-state index in [0.717, 1.165) is 23.0 Å². The van der Waals surface area contributed by atoms with Crippen LogP contribution in [0, 0.1) is 11.6 Å². The number of aromatic nitrogens is 1. The maximum atomic E-state index is 13.1. The van der Waals surface area contributed by atoms with Crippen LogP contribution in [0.3, 0.4) is 0 Å². The lowest BCUT2D eigenvalue weighted by Gasteiger charge is -2.11. The Kier molecular flexibility index (Phi) is 5.49. The number of nitrogens with zero attached hydrogens (tertiary/aromatic N) is 1. The average Bonchev–Trinajstić information content (AvgIpc) is 2.65. The Hall–Kier alpha value is -3.22. The molecule has 1 heterocycles. The van der Waals surface area contributed by atoms with Gasteiger partial charge < -0.3 is 14.6 Å². The number of aryl methyl sites for hydroxylation is 1. The number of carbonyl (C=O) groups excluding carboxylic acids is 1. The number of nitrogens with one attached hydrogen (secondary N) is 1. The summed E-state index contributed by atoms with van der Waals surface area (Å²) < 4.78 is 33.2. The zero-order chi connectivity index (χ0) is 19.4. The quantitative estimate of drug-likeness (QED) is 0.673. The van der Waals surface area contributed by atoms with E-state index >= 15 is 0 Å². The molecule has 0 saturated carbocycles. The lowest BCUT2D eigenvalue weighted by molar-refractivity contribution is -0.116. The van der Waals surface area contributed by atoms with Crippen LogP contribution in [-0.2, 0) is 11.8 Å². The number of halogens is 2. The first kappa shape index (κ1) is 18.6. The second kappa shape index (κ2) is 7.99. The summed E-state index contributed by atoms with van der Waals surface area (Å²) in [7, 11) is 1.69. The largest absolute Gasteiger partial charge is 0.493 e. The molecule has 0 radical (unpaired) electrons. The third-order valence-corrected chi connectivity index (χ3v) is 4.13. The molecule has 0 bridgehead atoms. The van der Waals surface area contributed by atoms with Crippen molar-refractivity contribution in [3.8, 4) is 5.75 Å². The standard InChI is InChI=1S/C20H18F2N2O3/c1-24-17-6-3-2-5-14(17)18(12-20(24)26)27-10-4-7-19(25)23-13-8-9-15(21)16(22)11-13/h2-3,5-6,8-9,11-12H,4,7,10H2,1H3,(H,23,25). The number of fused-ring (bicyclic) bond motifs is 1. The second-order valence-electron chi connectivity index (χ2n) is 6.05. The van der Waals surface area contributed by atoms with Crippen LogP contribution in [-0.4, -0.2) is 17.1 Å². The zero-order valence-corrected chi connectivity index (χ0v) is 14.7. The molecule has 140 valence electrons. The van der Waals surface area contributed by atoms with E-state index < -0.39 is 11.6 Å². The molecule has 27 heavy (non-hydrogen) atoms. The van der Waals surface area contributed by atoms with Gasteiger partial charge >= 0.3 is 0 Å². The molecule has 1 aromatic heterocycles. The minimum absolute atomic E-state index is 0.141. The number of amides is 1. The first-order valence-electron chi connectivity index (χ1n) is 8.42. The van der Waals surface area contributed by atoms with Crippen LogP contribution < -0.4 is 15.6 Å². The highest BCUT2D eigenvalue weighted by atomic mass is 19.2. The lowest BCUT2D eigenvalue weighted by Crippen LogP contribution is -2.17. The van der Waals surface area contributed by atoms with Crippen molar-refractivity contribution in [2.45, 2.75) is 12.8 Å². The SMILES string of the molecule is Cn1c(=O)cc(OCCCC(=O)Nc2ccc(F)c(F)c2)c2ccccc21. The number of benzene rings is 2. The Balaban J connectivity index is 1.57. The normalized spacial score (nSPS) is 10.8. The molecule has 1 N–H and O–H groups in total. The summed E-state index contributed by atoms with van der Waals surface area (Å²) >= 11 is 0. The predicted molar refractivity (Wildman–Crippen MR) is 98.9 cm³/mol. The molecule has 2 aromatic carbocycles. The Morgan fingerprint density at radius 1 is 1.11 bits per heavy atom. The van der Waals surface area contributed by atoms with Gasteiger partial charge in [0.1, 0.15) is 5.75 Å². The summed E-state index contributed by atoms with van der Waals surface area (Å²) in [6, 6.07) is 12.0. The van der Waals surface area contributed by atoms with Crippen molar-refractivity contribution >= 4 is 22.5 Å². The molecule has 0 aliphatic rings. The first-order chi connectivity index (χ1) is 13.0. The highest BCUT2D eigenvalue weighted by Crippen LogP contribution is 2.23. The van der Waals surface area contributed by atoms with Crippen LogP contribution in [0.1, 0.15) is 12.8 Å². The number of rotatable bonds is 6. The fourth-order valence-corrected chi connectivity index (χ4v) is 2.71. The molecule has 0 aliphatic heterocycles. The van der Waals surface area contributed by atoms with E-state index in [1.165, 1.54) is 16.7 Å². The number of carbonyl (C=O) groups is 1. The van der Waals surface area contributed by atoms with Crippen LogP contribution >= 0.6 is 0 Å². The monoisotopic (exact) mass is 372 g/mol. The van der Waals surface area contributed by atoms with Gasteiger partial charge in [0.15, 0.2) is 11.6 Å². The minimum Gasteiger partial charge on any atom is -0.493 e. The van der Waals surface area contributed by atoms with E-state index in [1.807, 2.05) is 24.3 Å². The van der Waals surface area contributed by atoms with Crippen molar-refractivity contribution in [3.63, 3.8) is 0 Å². The molecule has 0 fully saturated rings. The van der Waals surface area contributed by atoms with Crippen LogP contribution in [0.15, 0.2) is 53.3 Å². The summed E-state index contributed by atoms with van der Waals surface area (Å²) in [5.41, 5.74) is 0.772. The van der Waals surface area contributed by atoms with Gasteiger partial charge in [0, 0.05) is 36.7 Å². The molecule has 7 heteroatoms. The maximum absolute atomic E-state index is 13.1. The minimum atomic E-state index is -1.02. The summed E-state index contributed by atoms with van der Waals surface area (Å²) in [5, 5.41) is 3.31. The number of ether oxygens (including phenoxy) is 1. The van der Waals surface area contributed by atoms with E-state index in [2.05, 4.69) is 5.32 Å². The van der Waals surface area contributed by atoms with Crippen LogP contribution in [0.2, 0.25) is 0 Å². The average molecular weight is 372 g/mol. The van der Waals surface area contributed by atoms with Gasteiger partial charge in [-0.25, -0.2) is 8.78 Å². The number of hydrogen-bond acceptors (Lipinski definition) is 3. The van der Waals surface area contributed by atoms with Gasteiger partial charge in [-0.2, -0.15) is 0 Å². The molecule has 5 nitrogen and oxygen atoms in total. The van der Waals surface area contributed by atoms with Gasteiger partial charge in [0.2, 0.25) is 5.91 Å². The van der Waals surface area contributed by atoms with Crippen molar-refractivity contribution in [2.75, 3.05) is 11.9 Å². The smallest absolute Gasteiger partial charge is 0.254 e. The van der Waals surface area contributed by atoms with Gasteiger partial charge in [-0.15, -0.1) is 0 Å². The molecule has 0 saturated heterocycles. The van der Waals surface area contributed by atoms with Gasteiger partial charge in [-0.05, 0) is 30.7 Å². The highest BCUT2D eigenvalue weighted by Gasteiger charge is 2.09. The van der Waals surface area contributed by atoms with Crippen molar-refractivity contribution in [2.24, 2.45) is 7.05 Å². The van der Waals surface area contributed by atoms with E-state index in [-0.39, 0.29) is 30.2 Å². The fourth-order valence-electron chi connectivity index (χ4n) is 2.71. The summed E-state index contributed by atoms with van der Waals surface area (Å²) in [6.07, 6.45) is 0.542. The van der Waals surface area contributed by atoms with Gasteiger partial charge in [0.05, 0.1) is 12.1 Å². The van der Waals surface area contributed by atoms with Gasteiger partial charge in [0.25, 0.3) is 5.56 Å². The molecular formula is C20H18F2N2O3. The van der Waals surface area contributed by atoms with Gasteiger partial charge in [-0.1, -0.05) is 12.1 Å². The molecule has 1 amide bonds. The summed E-state index contributed by atoms with van der Waals surface area (Å²) in [5.74, 6) is -1.86. The Morgan fingerprint density at radius 3 is 2.67 bits per heavy atom. The fraction of sp³-hybridized carbons (Fsp3) is 0.200.